The molecule has 0 fully saturated rings. The van der Waals surface area contributed by atoms with E-state index in [1.165, 1.54) is 21.0 Å². The second-order valence-corrected chi connectivity index (χ2v) is 8.23. The van der Waals surface area contributed by atoms with Gasteiger partial charge < -0.3 is 4.42 Å². The molecule has 144 valence electrons. The molecule has 1 aromatic carbocycles. The Morgan fingerprint density at radius 3 is 2.90 bits per heavy atom. The van der Waals surface area contributed by atoms with Gasteiger partial charge >= 0.3 is 5.69 Å². The summed E-state index contributed by atoms with van der Waals surface area (Å²) in [4.78, 5) is 20.1. The number of nitrogens with zero attached hydrogens (tertiary/aromatic N) is 4. The number of aromatic nitrogens is 4. The smallest absolute Gasteiger partial charge is 0.352 e. The largest absolute Gasteiger partial charge is 0.461 e. The quantitative estimate of drug-likeness (QED) is 0.454. The highest BCUT2D eigenvalue weighted by Gasteiger charge is 2.26. The Hall–Kier alpha value is -3.26. The Balaban J connectivity index is 1.68. The summed E-state index contributed by atoms with van der Waals surface area (Å²) in [5.41, 5.74) is 1.91. The molecule has 4 aromatic heterocycles. The van der Waals surface area contributed by atoms with Crippen LogP contribution in [0.15, 0.2) is 51.9 Å². The second-order valence-electron chi connectivity index (χ2n) is 7.15. The van der Waals surface area contributed by atoms with Crippen LogP contribution in [-0.4, -0.2) is 19.2 Å². The molecule has 6 rings (SSSR count). The van der Waals surface area contributed by atoms with Crippen LogP contribution in [0.25, 0.3) is 27.4 Å². The summed E-state index contributed by atoms with van der Waals surface area (Å²) in [5, 5.41) is 5.37. The second kappa shape index (κ2) is 6.12. The van der Waals surface area contributed by atoms with Crippen LogP contribution in [0.1, 0.15) is 22.4 Å². The molecule has 1 aliphatic rings. The molecule has 4 heterocycles. The molecule has 8 heteroatoms. The third-order valence-electron chi connectivity index (χ3n) is 5.42. The third-order valence-corrected chi connectivity index (χ3v) is 6.73. The van der Waals surface area contributed by atoms with Gasteiger partial charge in [-0.25, -0.2) is 14.2 Å². The fourth-order valence-electron chi connectivity index (χ4n) is 4.07. The number of hydrogen-bond donors (Lipinski definition) is 0. The minimum absolute atomic E-state index is 0.146. The Labute approximate surface area is 167 Å². The summed E-state index contributed by atoms with van der Waals surface area (Å²) in [6.45, 7) is 0.146. The van der Waals surface area contributed by atoms with Crippen molar-refractivity contribution < 1.29 is 8.81 Å². The molecule has 1 aliphatic carbocycles. The number of rotatable bonds is 3. The average molecular weight is 406 g/mol. The van der Waals surface area contributed by atoms with E-state index in [1.807, 2.05) is 0 Å². The zero-order valence-corrected chi connectivity index (χ0v) is 16.1. The van der Waals surface area contributed by atoms with Crippen molar-refractivity contribution in [3.63, 3.8) is 0 Å². The van der Waals surface area contributed by atoms with Gasteiger partial charge in [0.2, 0.25) is 5.82 Å². The number of aryl methyl sites for hydroxylation is 2. The van der Waals surface area contributed by atoms with Gasteiger partial charge in [0.1, 0.15) is 10.6 Å². The number of halogens is 1. The van der Waals surface area contributed by atoms with E-state index in [-0.39, 0.29) is 18.1 Å². The minimum Gasteiger partial charge on any atom is -0.461 e. The SMILES string of the molecule is O=c1n(Cc2ccccc2F)c2sc3c(c2c2nc(-c4ccco4)nn12)CCC3. The molecule has 0 saturated carbocycles. The average Bonchev–Trinajstić information content (AvgIpc) is 3.48. The number of furan rings is 1. The lowest BCUT2D eigenvalue weighted by Crippen LogP contribution is -2.28. The molecule has 0 amide bonds. The van der Waals surface area contributed by atoms with E-state index in [1.54, 1.807) is 52.5 Å². The third kappa shape index (κ3) is 2.42. The normalized spacial score (nSPS) is 13.6. The minimum atomic E-state index is -0.332. The molecule has 29 heavy (non-hydrogen) atoms. The highest BCUT2D eigenvalue weighted by Crippen LogP contribution is 2.39. The van der Waals surface area contributed by atoms with Crippen molar-refractivity contribution >= 4 is 27.2 Å². The summed E-state index contributed by atoms with van der Waals surface area (Å²) < 4.78 is 22.7. The first-order chi connectivity index (χ1) is 14.2. The van der Waals surface area contributed by atoms with Gasteiger partial charge in [0.25, 0.3) is 0 Å². The van der Waals surface area contributed by atoms with Crippen LogP contribution in [0.3, 0.4) is 0 Å². The van der Waals surface area contributed by atoms with Crippen molar-refractivity contribution in [2.75, 3.05) is 0 Å². The first kappa shape index (κ1) is 16.7. The fourth-order valence-corrected chi connectivity index (χ4v) is 5.44. The Morgan fingerprint density at radius 2 is 2.07 bits per heavy atom. The monoisotopic (exact) mass is 406 g/mol. The number of fused-ring (bicyclic) bond motifs is 5. The van der Waals surface area contributed by atoms with Gasteiger partial charge in [-0.15, -0.1) is 16.4 Å². The summed E-state index contributed by atoms with van der Waals surface area (Å²) >= 11 is 1.61. The molecule has 6 nitrogen and oxygen atoms in total. The van der Waals surface area contributed by atoms with Gasteiger partial charge in [-0.1, -0.05) is 18.2 Å². The maximum atomic E-state index is 14.3. The fraction of sp³-hybridized carbons (Fsp3) is 0.190. The van der Waals surface area contributed by atoms with Crippen LogP contribution in [0, 0.1) is 5.82 Å². The van der Waals surface area contributed by atoms with Crippen molar-refractivity contribution in [2.45, 2.75) is 25.8 Å². The van der Waals surface area contributed by atoms with Gasteiger partial charge in [-0.3, -0.25) is 4.57 Å². The van der Waals surface area contributed by atoms with E-state index in [2.05, 4.69) is 10.1 Å². The highest BCUT2D eigenvalue weighted by molar-refractivity contribution is 7.19. The molecular weight excluding hydrogens is 391 g/mol. The lowest BCUT2D eigenvalue weighted by molar-refractivity contribution is 0.576. The summed E-state index contributed by atoms with van der Waals surface area (Å²) in [6.07, 6.45) is 4.59. The zero-order valence-electron chi connectivity index (χ0n) is 15.3. The van der Waals surface area contributed by atoms with Gasteiger partial charge in [-0.05, 0) is 43.0 Å². The Kier molecular flexibility index (Phi) is 3.52. The van der Waals surface area contributed by atoms with Crippen molar-refractivity contribution in [1.29, 1.82) is 0 Å². The first-order valence-electron chi connectivity index (χ1n) is 9.42. The van der Waals surface area contributed by atoms with Crippen molar-refractivity contribution in [2.24, 2.45) is 0 Å². The van der Waals surface area contributed by atoms with E-state index < -0.39 is 0 Å². The van der Waals surface area contributed by atoms with Crippen molar-refractivity contribution in [3.05, 3.63) is 75.0 Å². The maximum Gasteiger partial charge on any atom is 0.352 e. The van der Waals surface area contributed by atoms with E-state index in [4.69, 9.17) is 4.42 Å². The number of benzene rings is 1. The topological polar surface area (TPSA) is 65.3 Å². The summed E-state index contributed by atoms with van der Waals surface area (Å²) in [5.74, 6) is 0.551. The van der Waals surface area contributed by atoms with Crippen LogP contribution >= 0.6 is 11.3 Å². The lowest BCUT2D eigenvalue weighted by atomic mass is 10.2. The van der Waals surface area contributed by atoms with Crippen LogP contribution in [0.4, 0.5) is 4.39 Å². The standard InChI is InChI=1S/C21H15FN4O2S/c22-14-7-2-1-5-12(14)11-25-20-17(13-6-3-9-16(13)29-20)19-23-18(15-8-4-10-28-15)24-26(19)21(25)27/h1-2,4-5,7-8,10H,3,6,9,11H2. The van der Waals surface area contributed by atoms with E-state index in [9.17, 15) is 9.18 Å². The molecule has 5 aromatic rings. The molecule has 0 N–H and O–H groups in total. The van der Waals surface area contributed by atoms with Gasteiger partial charge in [-0.2, -0.15) is 4.52 Å². The highest BCUT2D eigenvalue weighted by atomic mass is 32.1. The van der Waals surface area contributed by atoms with E-state index in [0.717, 1.165) is 29.5 Å². The van der Waals surface area contributed by atoms with Crippen LogP contribution in [0.2, 0.25) is 0 Å². The number of thiophene rings is 1. The van der Waals surface area contributed by atoms with E-state index in [0.29, 0.717) is 22.8 Å². The molecule has 0 radical (unpaired) electrons. The van der Waals surface area contributed by atoms with Crippen LogP contribution in [0.5, 0.6) is 0 Å². The Morgan fingerprint density at radius 1 is 1.17 bits per heavy atom. The van der Waals surface area contributed by atoms with Gasteiger partial charge in [0.05, 0.1) is 18.2 Å². The first-order valence-corrected chi connectivity index (χ1v) is 10.2. The van der Waals surface area contributed by atoms with Crippen molar-refractivity contribution in [3.8, 4) is 11.6 Å². The summed E-state index contributed by atoms with van der Waals surface area (Å²) in [6, 6.07) is 10.1. The van der Waals surface area contributed by atoms with Crippen LogP contribution < -0.4 is 5.69 Å². The van der Waals surface area contributed by atoms with Crippen molar-refractivity contribution in [1.82, 2.24) is 19.2 Å². The van der Waals surface area contributed by atoms with E-state index >= 15 is 0 Å². The lowest BCUT2D eigenvalue weighted by Gasteiger charge is -2.09. The molecule has 0 bridgehead atoms. The molecule has 0 unspecified atom stereocenters. The van der Waals surface area contributed by atoms with Crippen LogP contribution in [-0.2, 0) is 19.4 Å². The van der Waals surface area contributed by atoms with Gasteiger partial charge in [0.15, 0.2) is 11.4 Å². The molecule has 0 atom stereocenters. The molecule has 0 saturated heterocycles. The Bertz CT molecular complexity index is 1450. The number of hydrogen-bond acceptors (Lipinski definition) is 5. The zero-order chi connectivity index (χ0) is 19.5. The summed E-state index contributed by atoms with van der Waals surface area (Å²) in [7, 11) is 0. The molecular formula is C21H15FN4O2S. The molecule has 0 spiro atoms. The van der Waals surface area contributed by atoms with Gasteiger partial charge in [0, 0.05) is 10.4 Å². The predicted molar refractivity (Wildman–Crippen MR) is 108 cm³/mol. The molecule has 0 aliphatic heterocycles. The maximum absolute atomic E-state index is 14.3. The predicted octanol–water partition coefficient (Wildman–Crippen LogP) is 4.04.